The molecule has 0 aliphatic carbocycles. The van der Waals surface area contributed by atoms with E-state index in [0.29, 0.717) is 12.8 Å². The third-order valence-corrected chi connectivity index (χ3v) is 6.62. The predicted molar refractivity (Wildman–Crippen MR) is 109 cm³/mol. The predicted octanol–water partition coefficient (Wildman–Crippen LogP) is 5.70. The summed E-state index contributed by atoms with van der Waals surface area (Å²) in [4.78, 5) is 23.5. The van der Waals surface area contributed by atoms with E-state index in [1.54, 1.807) is 0 Å². The Morgan fingerprint density at radius 2 is 1.63 bits per heavy atom. The van der Waals surface area contributed by atoms with Crippen LogP contribution in [0.1, 0.15) is 88.0 Å². The van der Waals surface area contributed by atoms with Crippen molar-refractivity contribution >= 4 is 11.9 Å². The SMILES string of the molecule is CCC(C)(C)/C=C/C(C)(CC)C(C)(C)CC(C)(C)C(=O)OCC1CC(=O)O1. The maximum atomic E-state index is 12.7. The first-order chi connectivity index (χ1) is 12.2. The highest BCUT2D eigenvalue weighted by molar-refractivity contribution is 5.77. The monoisotopic (exact) mass is 380 g/mol. The molecule has 27 heavy (non-hydrogen) atoms. The Morgan fingerprint density at radius 1 is 1.07 bits per heavy atom. The number of carbonyl (C=O) groups excluding carboxylic acids is 2. The Labute approximate surface area is 166 Å². The van der Waals surface area contributed by atoms with Gasteiger partial charge in [0.25, 0.3) is 0 Å². The van der Waals surface area contributed by atoms with Gasteiger partial charge >= 0.3 is 11.9 Å². The van der Waals surface area contributed by atoms with Crippen LogP contribution in [0.2, 0.25) is 0 Å². The summed E-state index contributed by atoms with van der Waals surface area (Å²) < 4.78 is 10.4. The molecular weight excluding hydrogens is 340 g/mol. The van der Waals surface area contributed by atoms with Crippen molar-refractivity contribution in [3.63, 3.8) is 0 Å². The zero-order chi connectivity index (χ0) is 21.1. The van der Waals surface area contributed by atoms with Gasteiger partial charge < -0.3 is 9.47 Å². The van der Waals surface area contributed by atoms with E-state index in [1.165, 1.54) is 0 Å². The quantitative estimate of drug-likeness (QED) is 0.360. The average Bonchev–Trinajstić information content (AvgIpc) is 2.54. The van der Waals surface area contributed by atoms with Crippen molar-refractivity contribution in [1.82, 2.24) is 0 Å². The lowest BCUT2D eigenvalue weighted by Crippen LogP contribution is -2.42. The number of hydrogen-bond donors (Lipinski definition) is 0. The van der Waals surface area contributed by atoms with Crippen LogP contribution in [0.3, 0.4) is 0 Å². The zero-order valence-electron chi connectivity index (χ0n) is 18.9. The Balaban J connectivity index is 2.83. The second kappa shape index (κ2) is 8.36. The summed E-state index contributed by atoms with van der Waals surface area (Å²) in [6.45, 7) is 19.7. The lowest BCUT2D eigenvalue weighted by Gasteiger charge is -2.46. The fourth-order valence-corrected chi connectivity index (χ4v) is 3.55. The molecule has 1 fully saturated rings. The molecule has 0 bridgehead atoms. The number of hydrogen-bond acceptors (Lipinski definition) is 4. The van der Waals surface area contributed by atoms with Crippen LogP contribution in [0, 0.1) is 21.7 Å². The molecular formula is C23H40O4. The molecule has 0 aromatic carbocycles. The molecule has 4 nitrogen and oxygen atoms in total. The van der Waals surface area contributed by atoms with E-state index in [-0.39, 0.29) is 40.9 Å². The zero-order valence-corrected chi connectivity index (χ0v) is 18.9. The fraction of sp³-hybridized carbons (Fsp3) is 0.826. The standard InChI is InChI=1S/C23H40O4/c1-10-20(3,4)12-13-23(9,11-2)22(7,8)16-21(5,6)19(25)26-15-17-14-18(24)27-17/h12-13,17H,10-11,14-16H2,1-9H3/b13-12+. The van der Waals surface area contributed by atoms with Gasteiger partial charge in [0.15, 0.2) is 0 Å². The van der Waals surface area contributed by atoms with Gasteiger partial charge in [0.2, 0.25) is 0 Å². The topological polar surface area (TPSA) is 52.6 Å². The fourth-order valence-electron chi connectivity index (χ4n) is 3.55. The van der Waals surface area contributed by atoms with Crippen LogP contribution < -0.4 is 0 Å². The number of rotatable bonds is 10. The van der Waals surface area contributed by atoms with Crippen molar-refractivity contribution in [2.24, 2.45) is 21.7 Å². The van der Waals surface area contributed by atoms with Crippen molar-refractivity contribution in [2.45, 2.75) is 94.1 Å². The van der Waals surface area contributed by atoms with Gasteiger partial charge in [0, 0.05) is 0 Å². The number of ether oxygens (including phenoxy) is 2. The molecule has 1 saturated heterocycles. The first-order valence-electron chi connectivity index (χ1n) is 10.3. The molecule has 1 heterocycles. The largest absolute Gasteiger partial charge is 0.461 e. The summed E-state index contributed by atoms with van der Waals surface area (Å²) in [6, 6.07) is 0. The second-order valence-corrected chi connectivity index (χ2v) is 10.3. The van der Waals surface area contributed by atoms with Crippen molar-refractivity contribution in [1.29, 1.82) is 0 Å². The van der Waals surface area contributed by atoms with E-state index in [2.05, 4.69) is 60.6 Å². The minimum absolute atomic E-state index is 0.0273. The van der Waals surface area contributed by atoms with E-state index < -0.39 is 5.41 Å². The van der Waals surface area contributed by atoms with Crippen LogP contribution in [0.5, 0.6) is 0 Å². The van der Waals surface area contributed by atoms with Crippen molar-refractivity contribution in [3.05, 3.63) is 12.2 Å². The van der Waals surface area contributed by atoms with E-state index in [4.69, 9.17) is 9.47 Å². The Hall–Kier alpha value is -1.32. The molecule has 0 aromatic rings. The van der Waals surface area contributed by atoms with Gasteiger partial charge in [-0.3, -0.25) is 9.59 Å². The van der Waals surface area contributed by atoms with E-state index in [1.807, 2.05) is 13.8 Å². The minimum atomic E-state index is -0.609. The van der Waals surface area contributed by atoms with Crippen LogP contribution in [0.15, 0.2) is 12.2 Å². The molecule has 1 rings (SSSR count). The minimum Gasteiger partial charge on any atom is -0.461 e. The second-order valence-electron chi connectivity index (χ2n) is 10.3. The van der Waals surface area contributed by atoms with Gasteiger partial charge in [-0.2, -0.15) is 0 Å². The number of carbonyl (C=O) groups is 2. The summed E-state index contributed by atoms with van der Waals surface area (Å²) in [5, 5.41) is 0. The number of allylic oxidation sites excluding steroid dienone is 2. The molecule has 1 aliphatic heterocycles. The molecule has 156 valence electrons. The lowest BCUT2D eigenvalue weighted by atomic mass is 9.59. The van der Waals surface area contributed by atoms with Gasteiger partial charge in [-0.05, 0) is 49.4 Å². The Bertz CT molecular complexity index is 563. The molecule has 0 N–H and O–H groups in total. The average molecular weight is 381 g/mol. The molecule has 2 atom stereocenters. The van der Waals surface area contributed by atoms with Crippen molar-refractivity contribution < 1.29 is 19.1 Å². The third-order valence-electron chi connectivity index (χ3n) is 6.62. The maximum Gasteiger partial charge on any atom is 0.311 e. The van der Waals surface area contributed by atoms with Gasteiger partial charge in [-0.1, -0.05) is 60.6 Å². The van der Waals surface area contributed by atoms with Gasteiger partial charge in [-0.25, -0.2) is 0 Å². The van der Waals surface area contributed by atoms with Gasteiger partial charge in [0.05, 0.1) is 11.8 Å². The summed E-state index contributed by atoms with van der Waals surface area (Å²) in [5.74, 6) is -0.452. The molecule has 0 saturated carbocycles. The lowest BCUT2D eigenvalue weighted by molar-refractivity contribution is -0.182. The molecule has 0 radical (unpaired) electrons. The first-order valence-corrected chi connectivity index (χ1v) is 10.3. The van der Waals surface area contributed by atoms with Crippen molar-refractivity contribution in [2.75, 3.05) is 6.61 Å². The molecule has 0 spiro atoms. The molecule has 0 aromatic heterocycles. The maximum absolute atomic E-state index is 12.7. The Kier molecular flexibility index (Phi) is 7.35. The third kappa shape index (κ3) is 6.08. The summed E-state index contributed by atoms with van der Waals surface area (Å²) in [5.41, 5.74) is -0.559. The van der Waals surface area contributed by atoms with E-state index in [0.717, 1.165) is 12.8 Å². The molecule has 1 aliphatic rings. The van der Waals surface area contributed by atoms with Crippen LogP contribution in [0.4, 0.5) is 0 Å². The Morgan fingerprint density at radius 3 is 2.07 bits per heavy atom. The summed E-state index contributed by atoms with van der Waals surface area (Å²) in [6.07, 6.45) is 7.55. The summed E-state index contributed by atoms with van der Waals surface area (Å²) >= 11 is 0. The first kappa shape index (κ1) is 23.7. The highest BCUT2D eigenvalue weighted by Gasteiger charge is 2.45. The normalized spacial score (nSPS) is 20.8. The molecule has 4 heteroatoms. The van der Waals surface area contributed by atoms with Crippen LogP contribution in [0.25, 0.3) is 0 Å². The van der Waals surface area contributed by atoms with Crippen LogP contribution in [-0.2, 0) is 19.1 Å². The van der Waals surface area contributed by atoms with Crippen molar-refractivity contribution in [3.8, 4) is 0 Å². The van der Waals surface area contributed by atoms with E-state index in [9.17, 15) is 9.59 Å². The van der Waals surface area contributed by atoms with Gasteiger partial charge in [0.1, 0.15) is 12.7 Å². The van der Waals surface area contributed by atoms with Gasteiger partial charge in [-0.15, -0.1) is 0 Å². The molecule has 2 unspecified atom stereocenters. The molecule has 0 amide bonds. The smallest absolute Gasteiger partial charge is 0.311 e. The number of esters is 2. The van der Waals surface area contributed by atoms with Crippen LogP contribution in [-0.4, -0.2) is 24.6 Å². The summed E-state index contributed by atoms with van der Waals surface area (Å²) in [7, 11) is 0. The van der Waals surface area contributed by atoms with E-state index >= 15 is 0 Å². The highest BCUT2D eigenvalue weighted by Crippen LogP contribution is 2.50. The number of cyclic esters (lactones) is 1. The van der Waals surface area contributed by atoms with Crippen LogP contribution >= 0.6 is 0 Å². The highest BCUT2D eigenvalue weighted by atomic mass is 16.6.